The molecular weight excluding hydrogens is 268 g/mol. The minimum Gasteiger partial charge on any atom is -0.313 e. The molecule has 108 valence electrons. The van der Waals surface area contributed by atoms with E-state index in [9.17, 15) is 0 Å². The van der Waals surface area contributed by atoms with Crippen LogP contribution in [0.1, 0.15) is 33.6 Å². The number of fused-ring (bicyclic) bond motifs is 1. The minimum atomic E-state index is 0.355. The second-order valence-corrected chi connectivity index (χ2v) is 7.34. The lowest BCUT2D eigenvalue weighted by molar-refractivity contribution is 0.290. The Kier molecular flexibility index (Phi) is 3.73. The molecule has 2 unspecified atom stereocenters. The van der Waals surface area contributed by atoms with Gasteiger partial charge in [-0.1, -0.05) is 38.6 Å². The van der Waals surface area contributed by atoms with Crippen molar-refractivity contribution in [2.75, 3.05) is 6.54 Å². The zero-order valence-electron chi connectivity index (χ0n) is 12.3. The summed E-state index contributed by atoms with van der Waals surface area (Å²) in [7, 11) is 0. The molecule has 1 saturated carbocycles. The first kappa shape index (κ1) is 13.9. The highest BCUT2D eigenvalue weighted by Gasteiger charge is 2.42. The molecule has 1 fully saturated rings. The highest BCUT2D eigenvalue weighted by molar-refractivity contribution is 7.99. The topological polar surface area (TPSA) is 42.2 Å². The summed E-state index contributed by atoms with van der Waals surface area (Å²) in [4.78, 5) is 0. The van der Waals surface area contributed by atoms with E-state index in [1.54, 1.807) is 0 Å². The van der Waals surface area contributed by atoms with Gasteiger partial charge in [0.05, 0.1) is 0 Å². The number of rotatable bonds is 4. The average molecular weight is 290 g/mol. The number of pyridine rings is 1. The third kappa shape index (κ3) is 2.44. The van der Waals surface area contributed by atoms with Gasteiger partial charge in [-0.05, 0) is 36.9 Å². The largest absolute Gasteiger partial charge is 0.313 e. The summed E-state index contributed by atoms with van der Waals surface area (Å²) in [5.74, 6) is 0. The molecule has 0 aromatic carbocycles. The van der Waals surface area contributed by atoms with Gasteiger partial charge in [-0.15, -0.1) is 10.2 Å². The van der Waals surface area contributed by atoms with Crippen molar-refractivity contribution in [2.24, 2.45) is 5.41 Å². The van der Waals surface area contributed by atoms with Crippen molar-refractivity contribution < 1.29 is 0 Å². The van der Waals surface area contributed by atoms with Crippen LogP contribution in [0, 0.1) is 5.41 Å². The Morgan fingerprint density at radius 3 is 3.05 bits per heavy atom. The van der Waals surface area contributed by atoms with Crippen LogP contribution in [0.25, 0.3) is 5.65 Å². The van der Waals surface area contributed by atoms with Crippen LogP contribution in [-0.2, 0) is 0 Å². The number of aromatic nitrogens is 3. The molecule has 0 saturated heterocycles. The first-order valence-corrected chi connectivity index (χ1v) is 8.19. The number of nitrogens with one attached hydrogen (secondary N) is 1. The molecule has 0 aliphatic heterocycles. The Morgan fingerprint density at radius 2 is 2.25 bits per heavy atom. The van der Waals surface area contributed by atoms with E-state index in [0.717, 1.165) is 17.3 Å². The highest BCUT2D eigenvalue weighted by atomic mass is 32.2. The molecule has 1 N–H and O–H groups in total. The smallest absolute Gasteiger partial charge is 0.195 e. The molecule has 4 nitrogen and oxygen atoms in total. The van der Waals surface area contributed by atoms with Crippen LogP contribution in [0.15, 0.2) is 29.6 Å². The Hall–Kier alpha value is -1.07. The lowest BCUT2D eigenvalue weighted by Crippen LogP contribution is -2.43. The number of hydrogen-bond acceptors (Lipinski definition) is 4. The van der Waals surface area contributed by atoms with Crippen molar-refractivity contribution in [3.63, 3.8) is 0 Å². The zero-order valence-corrected chi connectivity index (χ0v) is 13.2. The summed E-state index contributed by atoms with van der Waals surface area (Å²) >= 11 is 1.86. The minimum absolute atomic E-state index is 0.355. The van der Waals surface area contributed by atoms with E-state index in [4.69, 9.17) is 0 Å². The van der Waals surface area contributed by atoms with E-state index in [-0.39, 0.29) is 0 Å². The molecule has 5 heteroatoms. The van der Waals surface area contributed by atoms with Crippen LogP contribution in [0.5, 0.6) is 0 Å². The van der Waals surface area contributed by atoms with Crippen LogP contribution < -0.4 is 5.32 Å². The number of nitrogens with zero attached hydrogens (tertiary/aromatic N) is 3. The predicted octanol–water partition coefficient (Wildman–Crippen LogP) is 2.99. The fraction of sp³-hybridized carbons (Fsp3) is 0.600. The quantitative estimate of drug-likeness (QED) is 0.940. The van der Waals surface area contributed by atoms with Crippen LogP contribution in [0.2, 0.25) is 0 Å². The first-order valence-electron chi connectivity index (χ1n) is 7.31. The molecule has 0 amide bonds. The zero-order chi connectivity index (χ0) is 14.2. The molecule has 0 bridgehead atoms. The monoisotopic (exact) mass is 290 g/mol. The Labute approximate surface area is 124 Å². The maximum Gasteiger partial charge on any atom is 0.195 e. The summed E-state index contributed by atoms with van der Waals surface area (Å²) in [6, 6.07) is 6.56. The van der Waals surface area contributed by atoms with Gasteiger partial charge in [-0.25, -0.2) is 0 Å². The Balaban J connectivity index is 1.83. The fourth-order valence-corrected chi connectivity index (χ4v) is 4.59. The second-order valence-electron chi connectivity index (χ2n) is 6.13. The first-order chi connectivity index (χ1) is 9.62. The van der Waals surface area contributed by atoms with E-state index in [1.165, 1.54) is 12.8 Å². The highest BCUT2D eigenvalue weighted by Crippen LogP contribution is 2.44. The van der Waals surface area contributed by atoms with Crippen LogP contribution in [0.4, 0.5) is 0 Å². The van der Waals surface area contributed by atoms with Gasteiger partial charge in [0.15, 0.2) is 10.8 Å². The molecule has 2 heterocycles. The van der Waals surface area contributed by atoms with Crippen LogP contribution in [-0.4, -0.2) is 32.4 Å². The number of hydrogen-bond donors (Lipinski definition) is 1. The SMILES string of the molecule is CCNC1C(Sc2nnc3ccccn23)CCC1(C)C. The summed E-state index contributed by atoms with van der Waals surface area (Å²) < 4.78 is 2.08. The summed E-state index contributed by atoms with van der Waals surface area (Å²) in [5.41, 5.74) is 1.28. The molecular formula is C15H22N4S. The normalized spacial score (nSPS) is 25.4. The van der Waals surface area contributed by atoms with E-state index in [1.807, 2.05) is 36.2 Å². The maximum atomic E-state index is 4.35. The van der Waals surface area contributed by atoms with E-state index in [0.29, 0.717) is 16.7 Å². The maximum absolute atomic E-state index is 4.35. The van der Waals surface area contributed by atoms with Gasteiger partial charge in [0.1, 0.15) is 0 Å². The van der Waals surface area contributed by atoms with Crippen LogP contribution >= 0.6 is 11.8 Å². The molecule has 1 aliphatic carbocycles. The van der Waals surface area contributed by atoms with Gasteiger partial charge in [0.2, 0.25) is 0 Å². The van der Waals surface area contributed by atoms with Crippen molar-refractivity contribution in [2.45, 2.75) is 50.1 Å². The lowest BCUT2D eigenvalue weighted by atomic mass is 9.87. The van der Waals surface area contributed by atoms with E-state index < -0.39 is 0 Å². The third-order valence-electron chi connectivity index (χ3n) is 4.25. The molecule has 2 aromatic heterocycles. The van der Waals surface area contributed by atoms with Crippen molar-refractivity contribution in [1.82, 2.24) is 19.9 Å². The standard InChI is InChI=1S/C15H22N4S/c1-4-16-13-11(8-9-15(13,2)3)20-14-18-17-12-7-5-6-10-19(12)14/h5-7,10-11,13,16H,4,8-9H2,1-3H3. The molecule has 3 rings (SSSR count). The number of thioether (sulfide) groups is 1. The summed E-state index contributed by atoms with van der Waals surface area (Å²) in [6.45, 7) is 7.93. The van der Waals surface area contributed by atoms with Crippen LogP contribution in [0.3, 0.4) is 0 Å². The van der Waals surface area contributed by atoms with Gasteiger partial charge in [-0.3, -0.25) is 4.40 Å². The molecule has 0 spiro atoms. The summed E-state index contributed by atoms with van der Waals surface area (Å²) in [5, 5.41) is 13.8. The predicted molar refractivity (Wildman–Crippen MR) is 83.1 cm³/mol. The van der Waals surface area contributed by atoms with E-state index in [2.05, 4.69) is 40.7 Å². The van der Waals surface area contributed by atoms with E-state index >= 15 is 0 Å². The summed E-state index contributed by atoms with van der Waals surface area (Å²) in [6.07, 6.45) is 4.54. The van der Waals surface area contributed by atoms with Crippen molar-refractivity contribution in [1.29, 1.82) is 0 Å². The fourth-order valence-electron chi connectivity index (χ4n) is 3.13. The molecule has 2 atom stereocenters. The van der Waals surface area contributed by atoms with Gasteiger partial charge >= 0.3 is 0 Å². The van der Waals surface area contributed by atoms with Gasteiger partial charge in [0, 0.05) is 17.5 Å². The van der Waals surface area contributed by atoms with Crippen molar-refractivity contribution >= 4 is 17.4 Å². The third-order valence-corrected chi connectivity index (χ3v) is 5.55. The Morgan fingerprint density at radius 1 is 1.40 bits per heavy atom. The van der Waals surface area contributed by atoms with Gasteiger partial charge in [0.25, 0.3) is 0 Å². The molecule has 1 aliphatic rings. The van der Waals surface area contributed by atoms with Gasteiger partial charge in [-0.2, -0.15) is 0 Å². The Bertz CT molecular complexity index is 592. The molecule has 2 aromatic rings. The second kappa shape index (κ2) is 5.37. The molecule has 0 radical (unpaired) electrons. The van der Waals surface area contributed by atoms with Crippen molar-refractivity contribution in [3.8, 4) is 0 Å². The molecule has 20 heavy (non-hydrogen) atoms. The average Bonchev–Trinajstić information content (AvgIpc) is 2.96. The lowest BCUT2D eigenvalue weighted by Gasteiger charge is -2.30. The van der Waals surface area contributed by atoms with Crippen molar-refractivity contribution in [3.05, 3.63) is 24.4 Å². The van der Waals surface area contributed by atoms with Gasteiger partial charge < -0.3 is 5.32 Å².